The van der Waals surface area contributed by atoms with E-state index < -0.39 is 0 Å². The molecule has 0 bridgehead atoms. The fourth-order valence-electron chi connectivity index (χ4n) is 1.82. The Morgan fingerprint density at radius 1 is 1.32 bits per heavy atom. The van der Waals surface area contributed by atoms with Crippen LogP contribution in [0.1, 0.15) is 25.8 Å². The highest BCUT2D eigenvalue weighted by Gasteiger charge is 2.01. The summed E-state index contributed by atoms with van der Waals surface area (Å²) in [6, 6.07) is 8.40. The lowest BCUT2D eigenvalue weighted by Gasteiger charge is -2.19. The molecule has 0 saturated heterocycles. The lowest BCUT2D eigenvalue weighted by Crippen LogP contribution is -2.37. The predicted octanol–water partition coefficient (Wildman–Crippen LogP) is 3.66. The number of aliphatic imine (C=N–C) groups is 1. The molecule has 1 rings (SSSR count). The number of nitrogens with two attached hydrogens (primary N) is 1. The van der Waals surface area contributed by atoms with Gasteiger partial charge in [0.25, 0.3) is 0 Å². The van der Waals surface area contributed by atoms with Gasteiger partial charge in [-0.25, -0.2) is 0 Å². The highest BCUT2D eigenvalue weighted by Crippen LogP contribution is 2.12. The zero-order valence-electron chi connectivity index (χ0n) is 11.6. The van der Waals surface area contributed by atoms with Gasteiger partial charge in [0.1, 0.15) is 0 Å². The smallest absolute Gasteiger partial charge is 0.191 e. The van der Waals surface area contributed by atoms with Crippen molar-refractivity contribution < 1.29 is 0 Å². The van der Waals surface area contributed by atoms with Gasteiger partial charge in [0.15, 0.2) is 5.96 Å². The highest BCUT2D eigenvalue weighted by molar-refractivity contribution is 14.0. The maximum absolute atomic E-state index is 5.91. The molecule has 0 radical (unpaired) electrons. The highest BCUT2D eigenvalue weighted by atomic mass is 127. The Bertz CT molecular complexity index is 392. The topological polar surface area (TPSA) is 41.6 Å². The van der Waals surface area contributed by atoms with Crippen LogP contribution in [-0.2, 0) is 6.42 Å². The maximum atomic E-state index is 5.91. The molecule has 0 aliphatic carbocycles. The molecule has 0 aromatic heterocycles. The molecule has 2 N–H and O–H groups in total. The molecule has 0 amide bonds. The Balaban J connectivity index is 0.00000324. The number of hydrogen-bond acceptors (Lipinski definition) is 1. The molecule has 0 fully saturated rings. The SMILES string of the molecule is CCN(CC)C(N)=NCCCc1cccc(Br)c1.I. The molecule has 5 heteroatoms. The third-order valence-electron chi connectivity index (χ3n) is 2.87. The molecule has 0 saturated carbocycles. The van der Waals surface area contributed by atoms with Crippen LogP contribution >= 0.6 is 39.9 Å². The van der Waals surface area contributed by atoms with Crippen molar-refractivity contribution in [3.8, 4) is 0 Å². The predicted molar refractivity (Wildman–Crippen MR) is 97.3 cm³/mol. The monoisotopic (exact) mass is 439 g/mol. The van der Waals surface area contributed by atoms with Crippen molar-refractivity contribution in [3.05, 3.63) is 34.3 Å². The first-order chi connectivity index (χ1) is 8.67. The molecule has 108 valence electrons. The molecule has 1 aromatic rings. The number of aryl methyl sites for hydroxylation is 1. The molecule has 0 atom stereocenters. The number of nitrogens with zero attached hydrogens (tertiary/aromatic N) is 2. The third kappa shape index (κ3) is 7.15. The molecule has 0 aliphatic rings. The van der Waals surface area contributed by atoms with E-state index in [1.54, 1.807) is 0 Å². The van der Waals surface area contributed by atoms with Crippen LogP contribution in [0, 0.1) is 0 Å². The summed E-state index contributed by atoms with van der Waals surface area (Å²) in [6.07, 6.45) is 2.06. The Labute approximate surface area is 141 Å². The van der Waals surface area contributed by atoms with Crippen molar-refractivity contribution in [3.63, 3.8) is 0 Å². The first kappa shape index (κ1) is 18.7. The van der Waals surface area contributed by atoms with Gasteiger partial charge in [-0.05, 0) is 44.4 Å². The zero-order valence-corrected chi connectivity index (χ0v) is 15.5. The largest absolute Gasteiger partial charge is 0.370 e. The average molecular weight is 440 g/mol. The lowest BCUT2D eigenvalue weighted by atomic mass is 10.1. The van der Waals surface area contributed by atoms with Crippen molar-refractivity contribution >= 4 is 45.9 Å². The maximum Gasteiger partial charge on any atom is 0.191 e. The number of halogens is 2. The second-order valence-electron chi connectivity index (χ2n) is 4.15. The number of rotatable bonds is 6. The molecular formula is C14H23BrIN3. The second kappa shape index (κ2) is 10.5. The van der Waals surface area contributed by atoms with E-state index in [0.717, 1.165) is 36.9 Å². The van der Waals surface area contributed by atoms with Crippen LogP contribution in [0.25, 0.3) is 0 Å². The van der Waals surface area contributed by atoms with Gasteiger partial charge in [0.05, 0.1) is 0 Å². The minimum Gasteiger partial charge on any atom is -0.370 e. The van der Waals surface area contributed by atoms with Gasteiger partial charge in [-0.15, -0.1) is 24.0 Å². The van der Waals surface area contributed by atoms with Crippen LogP contribution in [0.15, 0.2) is 33.7 Å². The van der Waals surface area contributed by atoms with Crippen LogP contribution in [0.4, 0.5) is 0 Å². The summed E-state index contributed by atoms with van der Waals surface area (Å²) in [7, 11) is 0. The van der Waals surface area contributed by atoms with Gasteiger partial charge in [-0.2, -0.15) is 0 Å². The van der Waals surface area contributed by atoms with Crippen LogP contribution in [0.5, 0.6) is 0 Å². The first-order valence-corrected chi connectivity index (χ1v) is 7.26. The number of guanidine groups is 1. The summed E-state index contributed by atoms with van der Waals surface area (Å²) in [4.78, 5) is 6.48. The zero-order chi connectivity index (χ0) is 13.4. The van der Waals surface area contributed by atoms with Gasteiger partial charge >= 0.3 is 0 Å². The van der Waals surface area contributed by atoms with Gasteiger partial charge in [0, 0.05) is 24.1 Å². The summed E-state index contributed by atoms with van der Waals surface area (Å²) in [5.74, 6) is 0.661. The normalized spacial score (nSPS) is 11.0. The van der Waals surface area contributed by atoms with E-state index in [1.807, 2.05) is 6.07 Å². The Morgan fingerprint density at radius 2 is 2.00 bits per heavy atom. The summed E-state index contributed by atoms with van der Waals surface area (Å²) in [5.41, 5.74) is 7.25. The van der Waals surface area contributed by atoms with E-state index in [-0.39, 0.29) is 24.0 Å². The molecule has 0 unspecified atom stereocenters. The van der Waals surface area contributed by atoms with E-state index in [0.29, 0.717) is 5.96 Å². The second-order valence-corrected chi connectivity index (χ2v) is 5.06. The molecule has 19 heavy (non-hydrogen) atoms. The number of benzene rings is 1. The van der Waals surface area contributed by atoms with Crippen molar-refractivity contribution in [1.29, 1.82) is 0 Å². The van der Waals surface area contributed by atoms with E-state index in [9.17, 15) is 0 Å². The quantitative estimate of drug-likeness (QED) is 0.318. The van der Waals surface area contributed by atoms with Crippen LogP contribution in [0.3, 0.4) is 0 Å². The number of hydrogen-bond donors (Lipinski definition) is 1. The van der Waals surface area contributed by atoms with E-state index in [1.165, 1.54) is 5.56 Å². The van der Waals surface area contributed by atoms with Crippen LogP contribution in [-0.4, -0.2) is 30.5 Å². The Hall–Kier alpha value is -0.300. The standard InChI is InChI=1S/C14H22BrN3.HI/c1-3-18(4-2)14(16)17-10-6-8-12-7-5-9-13(15)11-12;/h5,7,9,11H,3-4,6,8,10H2,1-2H3,(H2,16,17);1H. The van der Waals surface area contributed by atoms with Crippen LogP contribution < -0.4 is 5.73 Å². The minimum atomic E-state index is 0. The third-order valence-corrected chi connectivity index (χ3v) is 3.37. The minimum absolute atomic E-state index is 0. The Kier molecular flexibility index (Phi) is 10.3. The van der Waals surface area contributed by atoms with Crippen LogP contribution in [0.2, 0.25) is 0 Å². The molecule has 1 aromatic carbocycles. The lowest BCUT2D eigenvalue weighted by molar-refractivity contribution is 0.458. The first-order valence-electron chi connectivity index (χ1n) is 6.46. The molecule has 0 aliphatic heterocycles. The van der Waals surface area contributed by atoms with Gasteiger partial charge < -0.3 is 10.6 Å². The van der Waals surface area contributed by atoms with Crippen molar-refractivity contribution in [1.82, 2.24) is 4.90 Å². The molecule has 0 heterocycles. The van der Waals surface area contributed by atoms with Gasteiger partial charge in [0.2, 0.25) is 0 Å². The van der Waals surface area contributed by atoms with Crippen molar-refractivity contribution in [2.45, 2.75) is 26.7 Å². The van der Waals surface area contributed by atoms with Gasteiger partial charge in [-0.3, -0.25) is 4.99 Å². The summed E-state index contributed by atoms with van der Waals surface area (Å²) < 4.78 is 1.13. The Morgan fingerprint density at radius 3 is 2.58 bits per heavy atom. The molecule has 3 nitrogen and oxygen atoms in total. The molecular weight excluding hydrogens is 417 g/mol. The average Bonchev–Trinajstić information content (AvgIpc) is 2.36. The summed E-state index contributed by atoms with van der Waals surface area (Å²) >= 11 is 3.48. The van der Waals surface area contributed by atoms with E-state index in [2.05, 4.69) is 57.9 Å². The fraction of sp³-hybridized carbons (Fsp3) is 0.500. The van der Waals surface area contributed by atoms with E-state index in [4.69, 9.17) is 5.73 Å². The summed E-state index contributed by atoms with van der Waals surface area (Å²) in [5, 5.41) is 0. The fourth-order valence-corrected chi connectivity index (χ4v) is 2.26. The van der Waals surface area contributed by atoms with Crippen molar-refractivity contribution in [2.75, 3.05) is 19.6 Å². The van der Waals surface area contributed by atoms with Gasteiger partial charge in [-0.1, -0.05) is 28.1 Å². The van der Waals surface area contributed by atoms with E-state index >= 15 is 0 Å². The molecule has 0 spiro atoms. The van der Waals surface area contributed by atoms with Crippen molar-refractivity contribution in [2.24, 2.45) is 10.7 Å². The summed E-state index contributed by atoms with van der Waals surface area (Å²) in [6.45, 7) is 6.80.